The second kappa shape index (κ2) is 7.70. The van der Waals surface area contributed by atoms with Crippen molar-refractivity contribution in [2.75, 3.05) is 19.8 Å². The summed E-state index contributed by atoms with van der Waals surface area (Å²) >= 11 is 0. The molecular weight excluding hydrogens is 306 g/mol. The zero-order valence-electron chi connectivity index (χ0n) is 13.3. The van der Waals surface area contributed by atoms with E-state index in [2.05, 4.69) is 10.6 Å². The molecule has 2 rings (SSSR count). The smallest absolute Gasteiger partial charge is 0.315 e. The van der Waals surface area contributed by atoms with Gasteiger partial charge in [-0.15, -0.1) is 0 Å². The highest BCUT2D eigenvalue weighted by atomic mass is 19.1. The molecule has 0 aromatic heterocycles. The molecule has 1 aliphatic heterocycles. The second-order valence-corrected chi connectivity index (χ2v) is 5.94. The SMILES string of the molecule is C[C@@H](CNC(=O)NCc1cc(F)ccc1F)CC1(C)OCCO1. The Bertz CT molecular complexity index is 548. The molecule has 0 bridgehead atoms. The molecule has 1 aromatic rings. The third kappa shape index (κ3) is 5.44. The number of amides is 2. The largest absolute Gasteiger partial charge is 0.348 e. The maximum absolute atomic E-state index is 13.4. The molecule has 7 heteroatoms. The van der Waals surface area contributed by atoms with Crippen molar-refractivity contribution in [3.05, 3.63) is 35.4 Å². The van der Waals surface area contributed by atoms with E-state index in [0.29, 0.717) is 26.2 Å². The number of nitrogens with one attached hydrogen (secondary N) is 2. The average molecular weight is 328 g/mol. The third-order valence-electron chi connectivity index (χ3n) is 3.68. The molecule has 0 radical (unpaired) electrons. The van der Waals surface area contributed by atoms with Crippen molar-refractivity contribution in [1.82, 2.24) is 10.6 Å². The zero-order chi connectivity index (χ0) is 16.9. The first-order valence-electron chi connectivity index (χ1n) is 7.61. The van der Waals surface area contributed by atoms with Crippen molar-refractivity contribution in [3.63, 3.8) is 0 Å². The van der Waals surface area contributed by atoms with E-state index in [9.17, 15) is 13.6 Å². The summed E-state index contributed by atoms with van der Waals surface area (Å²) in [6.07, 6.45) is 0.659. The fraction of sp³-hybridized carbons (Fsp3) is 0.562. The van der Waals surface area contributed by atoms with Crippen LogP contribution in [0.3, 0.4) is 0 Å². The minimum atomic E-state index is -0.595. The van der Waals surface area contributed by atoms with Gasteiger partial charge in [0, 0.05) is 25.1 Å². The van der Waals surface area contributed by atoms with Gasteiger partial charge in [0.05, 0.1) is 13.2 Å². The van der Waals surface area contributed by atoms with E-state index in [4.69, 9.17) is 9.47 Å². The van der Waals surface area contributed by atoms with Gasteiger partial charge in [0.1, 0.15) is 11.6 Å². The number of halogens is 2. The highest BCUT2D eigenvalue weighted by molar-refractivity contribution is 5.73. The fourth-order valence-electron chi connectivity index (χ4n) is 2.56. The van der Waals surface area contributed by atoms with Gasteiger partial charge in [-0.1, -0.05) is 6.92 Å². The lowest BCUT2D eigenvalue weighted by molar-refractivity contribution is -0.153. The summed E-state index contributed by atoms with van der Waals surface area (Å²) in [6.45, 7) is 5.37. The number of benzene rings is 1. The van der Waals surface area contributed by atoms with Crippen molar-refractivity contribution in [1.29, 1.82) is 0 Å². The summed E-state index contributed by atoms with van der Waals surface area (Å²) in [5, 5.41) is 5.21. The zero-order valence-corrected chi connectivity index (χ0v) is 13.3. The normalized spacial score (nSPS) is 17.7. The van der Waals surface area contributed by atoms with Crippen LogP contribution >= 0.6 is 0 Å². The Morgan fingerprint density at radius 3 is 2.70 bits per heavy atom. The molecule has 1 saturated heterocycles. The average Bonchev–Trinajstić information content (AvgIpc) is 2.92. The van der Waals surface area contributed by atoms with Crippen LogP contribution in [0.5, 0.6) is 0 Å². The van der Waals surface area contributed by atoms with Crippen LogP contribution in [-0.4, -0.2) is 31.6 Å². The summed E-state index contributed by atoms with van der Waals surface area (Å²) in [4.78, 5) is 11.7. The van der Waals surface area contributed by atoms with E-state index in [1.54, 1.807) is 0 Å². The van der Waals surface area contributed by atoms with Gasteiger partial charge < -0.3 is 20.1 Å². The van der Waals surface area contributed by atoms with Crippen LogP contribution in [0.4, 0.5) is 13.6 Å². The predicted molar refractivity (Wildman–Crippen MR) is 80.7 cm³/mol. The van der Waals surface area contributed by atoms with Gasteiger partial charge in [0.25, 0.3) is 0 Å². The first kappa shape index (κ1) is 17.6. The molecule has 5 nitrogen and oxygen atoms in total. The van der Waals surface area contributed by atoms with Crippen LogP contribution in [0, 0.1) is 17.6 Å². The summed E-state index contributed by atoms with van der Waals surface area (Å²) in [5.41, 5.74) is 0.105. The van der Waals surface area contributed by atoms with Gasteiger partial charge >= 0.3 is 6.03 Å². The summed E-state index contributed by atoms with van der Waals surface area (Å²) in [5.74, 6) is -1.54. The highest BCUT2D eigenvalue weighted by Crippen LogP contribution is 2.26. The third-order valence-corrected chi connectivity index (χ3v) is 3.68. The van der Waals surface area contributed by atoms with Crippen LogP contribution in [0.2, 0.25) is 0 Å². The maximum atomic E-state index is 13.4. The second-order valence-electron chi connectivity index (χ2n) is 5.94. The molecule has 1 aliphatic rings. The van der Waals surface area contributed by atoms with E-state index in [0.717, 1.165) is 18.2 Å². The Hall–Kier alpha value is -1.73. The molecule has 128 valence electrons. The van der Waals surface area contributed by atoms with E-state index < -0.39 is 23.5 Å². The lowest BCUT2D eigenvalue weighted by Crippen LogP contribution is -2.39. The molecule has 1 heterocycles. The van der Waals surface area contributed by atoms with Gasteiger partial charge in [-0.25, -0.2) is 13.6 Å². The lowest BCUT2D eigenvalue weighted by atomic mass is 10.0. The summed E-state index contributed by atoms with van der Waals surface area (Å²) in [7, 11) is 0. The monoisotopic (exact) mass is 328 g/mol. The molecule has 0 aliphatic carbocycles. The van der Waals surface area contributed by atoms with Crippen molar-refractivity contribution in [3.8, 4) is 0 Å². The quantitative estimate of drug-likeness (QED) is 0.844. The molecule has 2 amide bonds. The number of hydrogen-bond acceptors (Lipinski definition) is 3. The Labute approximate surface area is 134 Å². The number of rotatable bonds is 6. The minimum absolute atomic E-state index is 0.0756. The molecule has 1 aromatic carbocycles. The van der Waals surface area contributed by atoms with Crippen molar-refractivity contribution in [2.24, 2.45) is 5.92 Å². The van der Waals surface area contributed by atoms with E-state index in [1.807, 2.05) is 13.8 Å². The number of carbonyl (C=O) groups excluding carboxylic acids is 1. The Kier molecular flexibility index (Phi) is 5.90. The van der Waals surface area contributed by atoms with Gasteiger partial charge in [-0.05, 0) is 31.0 Å². The lowest BCUT2D eigenvalue weighted by Gasteiger charge is -2.26. The van der Waals surface area contributed by atoms with Crippen LogP contribution < -0.4 is 10.6 Å². The topological polar surface area (TPSA) is 59.6 Å². The van der Waals surface area contributed by atoms with Crippen LogP contribution in [0.25, 0.3) is 0 Å². The molecule has 1 atom stereocenters. The fourth-order valence-corrected chi connectivity index (χ4v) is 2.56. The van der Waals surface area contributed by atoms with Crippen molar-refractivity contribution < 1.29 is 23.0 Å². The number of carbonyl (C=O) groups is 1. The number of hydrogen-bond donors (Lipinski definition) is 2. The van der Waals surface area contributed by atoms with Crippen LogP contribution in [-0.2, 0) is 16.0 Å². The molecule has 23 heavy (non-hydrogen) atoms. The number of ether oxygens (including phenoxy) is 2. The van der Waals surface area contributed by atoms with Gasteiger partial charge in [0.2, 0.25) is 0 Å². The van der Waals surface area contributed by atoms with Crippen LogP contribution in [0.15, 0.2) is 18.2 Å². The molecule has 0 unspecified atom stereocenters. The Morgan fingerprint density at radius 2 is 2.00 bits per heavy atom. The highest BCUT2D eigenvalue weighted by Gasteiger charge is 2.32. The first-order chi connectivity index (χ1) is 10.9. The standard InChI is InChI=1S/C16H22F2N2O3/c1-11(8-16(2)22-5-6-23-16)9-19-15(21)20-10-12-7-13(17)3-4-14(12)18/h3-4,7,11H,5-6,8-10H2,1-2H3,(H2,19,20,21)/t11-/m1/s1. The van der Waals surface area contributed by atoms with Gasteiger partial charge in [0.15, 0.2) is 5.79 Å². The van der Waals surface area contributed by atoms with E-state index in [1.165, 1.54) is 0 Å². The maximum Gasteiger partial charge on any atom is 0.315 e. The summed E-state index contributed by atoms with van der Waals surface area (Å²) < 4.78 is 37.5. The van der Waals surface area contributed by atoms with Crippen molar-refractivity contribution >= 4 is 6.03 Å². The van der Waals surface area contributed by atoms with E-state index >= 15 is 0 Å². The molecule has 1 fully saturated rings. The summed E-state index contributed by atoms with van der Waals surface area (Å²) in [6, 6.07) is 2.70. The Balaban J connectivity index is 1.71. The first-order valence-corrected chi connectivity index (χ1v) is 7.61. The van der Waals surface area contributed by atoms with Gasteiger partial charge in [-0.2, -0.15) is 0 Å². The predicted octanol–water partition coefficient (Wildman–Crippen LogP) is 2.55. The minimum Gasteiger partial charge on any atom is -0.348 e. The molecule has 0 saturated carbocycles. The van der Waals surface area contributed by atoms with Gasteiger partial charge in [-0.3, -0.25) is 0 Å². The number of urea groups is 1. The molecular formula is C16H22F2N2O3. The molecule has 2 N–H and O–H groups in total. The van der Waals surface area contributed by atoms with Crippen LogP contribution in [0.1, 0.15) is 25.8 Å². The van der Waals surface area contributed by atoms with Crippen molar-refractivity contribution in [2.45, 2.75) is 32.6 Å². The van der Waals surface area contributed by atoms with E-state index in [-0.39, 0.29) is 18.0 Å². The Morgan fingerprint density at radius 1 is 1.30 bits per heavy atom. The molecule has 0 spiro atoms.